The van der Waals surface area contributed by atoms with E-state index in [1.165, 1.54) is 25.7 Å². The minimum atomic E-state index is -0.368. The van der Waals surface area contributed by atoms with Crippen LogP contribution >= 0.6 is 0 Å². The second kappa shape index (κ2) is 9.42. The molecule has 0 fully saturated rings. The highest BCUT2D eigenvalue weighted by molar-refractivity contribution is 5.84. The molecule has 1 aromatic rings. The van der Waals surface area contributed by atoms with E-state index >= 15 is 0 Å². The second-order valence-corrected chi connectivity index (χ2v) is 4.91. The normalized spacial score (nSPS) is 11.9. The number of ether oxygens (including phenoxy) is 1. The van der Waals surface area contributed by atoms with Gasteiger partial charge in [-0.3, -0.25) is 5.32 Å². The third kappa shape index (κ3) is 7.50. The third-order valence-corrected chi connectivity index (χ3v) is 3.04. The van der Waals surface area contributed by atoms with Crippen LogP contribution in [0.3, 0.4) is 0 Å². The number of carbonyl (C=O) groups excluding carboxylic acids is 1. The quantitative estimate of drug-likeness (QED) is 0.671. The third-order valence-electron chi connectivity index (χ3n) is 3.04. The summed E-state index contributed by atoms with van der Waals surface area (Å²) in [5.74, 6) is 0. The first-order valence-corrected chi connectivity index (χ1v) is 7.25. The van der Waals surface area contributed by atoms with Gasteiger partial charge in [-0.05, 0) is 31.9 Å². The van der Waals surface area contributed by atoms with Gasteiger partial charge < -0.3 is 4.74 Å². The summed E-state index contributed by atoms with van der Waals surface area (Å²) in [4.78, 5) is 11.6. The summed E-state index contributed by atoms with van der Waals surface area (Å²) in [6.45, 7) is 4.16. The highest BCUT2D eigenvalue weighted by Crippen LogP contribution is 2.11. The maximum atomic E-state index is 11.6. The van der Waals surface area contributed by atoms with Crippen LogP contribution in [0.25, 0.3) is 0 Å². The topological polar surface area (TPSA) is 38.3 Å². The molecule has 1 N–H and O–H groups in total. The Labute approximate surface area is 116 Å². The van der Waals surface area contributed by atoms with Gasteiger partial charge in [0.05, 0.1) is 0 Å². The van der Waals surface area contributed by atoms with E-state index in [0.29, 0.717) is 0 Å². The van der Waals surface area contributed by atoms with Crippen LogP contribution in [0.2, 0.25) is 0 Å². The van der Waals surface area contributed by atoms with Crippen molar-refractivity contribution in [1.82, 2.24) is 0 Å². The number of hydrogen-bond acceptors (Lipinski definition) is 2. The molecule has 0 heterocycles. The molecule has 0 saturated heterocycles. The van der Waals surface area contributed by atoms with E-state index in [1.807, 2.05) is 37.3 Å². The Morgan fingerprint density at radius 3 is 2.53 bits per heavy atom. The number of carbonyl (C=O) groups is 1. The van der Waals surface area contributed by atoms with Gasteiger partial charge in [-0.1, -0.05) is 50.8 Å². The van der Waals surface area contributed by atoms with Gasteiger partial charge in [0.2, 0.25) is 0 Å². The highest BCUT2D eigenvalue weighted by atomic mass is 16.6. The molecule has 19 heavy (non-hydrogen) atoms. The van der Waals surface area contributed by atoms with Crippen molar-refractivity contribution in [2.24, 2.45) is 0 Å². The van der Waals surface area contributed by atoms with Crippen LogP contribution in [-0.2, 0) is 4.74 Å². The molecule has 106 valence electrons. The predicted molar refractivity (Wildman–Crippen MR) is 79.4 cm³/mol. The lowest BCUT2D eigenvalue weighted by atomic mass is 10.1. The predicted octanol–water partition coefficient (Wildman–Crippen LogP) is 4.98. The van der Waals surface area contributed by atoms with Crippen LogP contribution in [0.5, 0.6) is 0 Å². The average molecular weight is 263 g/mol. The molecule has 1 aromatic carbocycles. The molecule has 1 unspecified atom stereocenters. The van der Waals surface area contributed by atoms with Crippen molar-refractivity contribution in [3.8, 4) is 0 Å². The van der Waals surface area contributed by atoms with Gasteiger partial charge in [0.25, 0.3) is 0 Å². The van der Waals surface area contributed by atoms with E-state index in [0.717, 1.165) is 18.5 Å². The largest absolute Gasteiger partial charge is 0.446 e. The molecule has 0 spiro atoms. The van der Waals surface area contributed by atoms with Gasteiger partial charge in [0.1, 0.15) is 6.10 Å². The Balaban J connectivity index is 2.14. The van der Waals surface area contributed by atoms with Crippen molar-refractivity contribution >= 4 is 11.8 Å². The van der Waals surface area contributed by atoms with Crippen molar-refractivity contribution in [3.63, 3.8) is 0 Å². The van der Waals surface area contributed by atoms with Crippen LogP contribution in [0.1, 0.15) is 52.4 Å². The molecule has 1 atom stereocenters. The fourth-order valence-electron chi connectivity index (χ4n) is 1.95. The van der Waals surface area contributed by atoms with Crippen molar-refractivity contribution in [2.45, 2.75) is 58.5 Å². The molecule has 0 radical (unpaired) electrons. The van der Waals surface area contributed by atoms with Gasteiger partial charge in [0, 0.05) is 5.69 Å². The van der Waals surface area contributed by atoms with Crippen LogP contribution in [0.4, 0.5) is 10.5 Å². The molecular weight excluding hydrogens is 238 g/mol. The smallest absolute Gasteiger partial charge is 0.411 e. The fourth-order valence-corrected chi connectivity index (χ4v) is 1.95. The summed E-state index contributed by atoms with van der Waals surface area (Å²) in [7, 11) is 0. The molecule has 0 bridgehead atoms. The number of amides is 1. The lowest BCUT2D eigenvalue weighted by molar-refractivity contribution is 0.114. The first-order chi connectivity index (χ1) is 9.22. The Bertz CT molecular complexity index is 351. The van der Waals surface area contributed by atoms with Gasteiger partial charge in [-0.25, -0.2) is 4.79 Å². The molecule has 0 saturated carbocycles. The summed E-state index contributed by atoms with van der Waals surface area (Å²) in [6, 6.07) is 9.36. The van der Waals surface area contributed by atoms with Crippen LogP contribution < -0.4 is 5.32 Å². The van der Waals surface area contributed by atoms with Gasteiger partial charge in [-0.2, -0.15) is 0 Å². The van der Waals surface area contributed by atoms with Gasteiger partial charge in [0.15, 0.2) is 0 Å². The maximum absolute atomic E-state index is 11.6. The first-order valence-electron chi connectivity index (χ1n) is 7.25. The molecule has 1 amide bonds. The Morgan fingerprint density at radius 1 is 1.16 bits per heavy atom. The summed E-state index contributed by atoms with van der Waals surface area (Å²) >= 11 is 0. The number of para-hydroxylation sites is 1. The Kier molecular flexibility index (Phi) is 7.71. The molecule has 1 rings (SSSR count). The van der Waals surface area contributed by atoms with E-state index in [9.17, 15) is 4.79 Å². The Hall–Kier alpha value is -1.51. The molecule has 0 aliphatic rings. The summed E-state index contributed by atoms with van der Waals surface area (Å²) < 4.78 is 5.31. The zero-order chi connectivity index (χ0) is 13.9. The minimum absolute atomic E-state index is 0.0228. The van der Waals surface area contributed by atoms with Crippen LogP contribution in [0, 0.1) is 0 Å². The Morgan fingerprint density at radius 2 is 1.84 bits per heavy atom. The number of benzene rings is 1. The first kappa shape index (κ1) is 15.5. The van der Waals surface area contributed by atoms with Crippen molar-refractivity contribution in [3.05, 3.63) is 30.3 Å². The van der Waals surface area contributed by atoms with E-state index in [1.54, 1.807) is 0 Å². The molecule has 0 aliphatic heterocycles. The molecule has 0 aromatic heterocycles. The van der Waals surface area contributed by atoms with Crippen molar-refractivity contribution < 1.29 is 9.53 Å². The van der Waals surface area contributed by atoms with Crippen LogP contribution in [0.15, 0.2) is 30.3 Å². The SMILES string of the molecule is CCCCCCCC(C)OC(=O)Nc1ccccc1. The standard InChI is InChI=1S/C16H25NO2/c1-3-4-5-6-8-11-14(2)19-16(18)17-15-12-9-7-10-13-15/h7,9-10,12-14H,3-6,8,11H2,1-2H3,(H,17,18). The molecule has 3 heteroatoms. The van der Waals surface area contributed by atoms with E-state index in [2.05, 4.69) is 12.2 Å². The number of anilines is 1. The van der Waals surface area contributed by atoms with E-state index in [-0.39, 0.29) is 12.2 Å². The second-order valence-electron chi connectivity index (χ2n) is 4.91. The van der Waals surface area contributed by atoms with Crippen molar-refractivity contribution in [2.75, 3.05) is 5.32 Å². The minimum Gasteiger partial charge on any atom is -0.446 e. The fraction of sp³-hybridized carbons (Fsp3) is 0.562. The highest BCUT2D eigenvalue weighted by Gasteiger charge is 2.08. The van der Waals surface area contributed by atoms with E-state index < -0.39 is 0 Å². The van der Waals surface area contributed by atoms with Gasteiger partial charge in [-0.15, -0.1) is 0 Å². The zero-order valence-electron chi connectivity index (χ0n) is 12.0. The number of hydrogen-bond donors (Lipinski definition) is 1. The number of nitrogens with one attached hydrogen (secondary N) is 1. The summed E-state index contributed by atoms with van der Waals surface area (Å²) in [5, 5.41) is 2.72. The number of rotatable bonds is 8. The summed E-state index contributed by atoms with van der Waals surface area (Å²) in [5.41, 5.74) is 0.766. The molecular formula is C16H25NO2. The average Bonchev–Trinajstić information content (AvgIpc) is 2.39. The number of unbranched alkanes of at least 4 members (excludes halogenated alkanes) is 4. The molecule has 3 nitrogen and oxygen atoms in total. The molecule has 0 aliphatic carbocycles. The maximum Gasteiger partial charge on any atom is 0.411 e. The summed E-state index contributed by atoms with van der Waals surface area (Å²) in [6.07, 6.45) is 6.72. The lowest BCUT2D eigenvalue weighted by Gasteiger charge is -2.13. The van der Waals surface area contributed by atoms with Gasteiger partial charge >= 0.3 is 6.09 Å². The van der Waals surface area contributed by atoms with Crippen molar-refractivity contribution in [1.29, 1.82) is 0 Å². The van der Waals surface area contributed by atoms with Crippen LogP contribution in [-0.4, -0.2) is 12.2 Å². The zero-order valence-corrected chi connectivity index (χ0v) is 12.0. The monoisotopic (exact) mass is 263 g/mol. The van der Waals surface area contributed by atoms with E-state index in [4.69, 9.17) is 4.74 Å². The lowest BCUT2D eigenvalue weighted by Crippen LogP contribution is -2.20.